The van der Waals surface area contributed by atoms with Gasteiger partial charge in [0, 0.05) is 12.1 Å². The maximum Gasteiger partial charge on any atom is 0.319 e. The lowest BCUT2D eigenvalue weighted by Gasteiger charge is -2.29. The van der Waals surface area contributed by atoms with Crippen LogP contribution >= 0.6 is 11.6 Å². The predicted octanol–water partition coefficient (Wildman–Crippen LogP) is 3.32. The minimum atomic E-state index is -0.421. The van der Waals surface area contributed by atoms with E-state index in [1.54, 1.807) is 6.07 Å². The number of nitrogens with one attached hydrogen (secondary N) is 2. The van der Waals surface area contributed by atoms with Gasteiger partial charge in [0.2, 0.25) is 0 Å². The van der Waals surface area contributed by atoms with E-state index in [9.17, 15) is 4.79 Å². The second kappa shape index (κ2) is 6.78. The molecule has 0 radical (unpaired) electrons. The number of aryl methyl sites for hydroxylation is 1. The van der Waals surface area contributed by atoms with E-state index in [2.05, 4.69) is 10.6 Å². The predicted molar refractivity (Wildman–Crippen MR) is 78.7 cm³/mol. The minimum absolute atomic E-state index is 0.0375. The van der Waals surface area contributed by atoms with Crippen LogP contribution in [0, 0.1) is 6.92 Å². The van der Waals surface area contributed by atoms with Gasteiger partial charge < -0.3 is 15.7 Å². The maximum atomic E-state index is 12.0. The molecule has 106 valence electrons. The number of rotatable bonds is 5. The number of aliphatic hydroxyl groups excluding tert-OH is 1. The molecule has 0 heterocycles. The third kappa shape index (κ3) is 4.73. The Kier molecular flexibility index (Phi) is 5.63. The summed E-state index contributed by atoms with van der Waals surface area (Å²) in [6, 6.07) is 5.13. The zero-order chi connectivity index (χ0) is 14.5. The molecule has 0 bridgehead atoms. The van der Waals surface area contributed by atoms with Gasteiger partial charge in [0.1, 0.15) is 0 Å². The summed E-state index contributed by atoms with van der Waals surface area (Å²) in [4.78, 5) is 12.0. The van der Waals surface area contributed by atoms with Gasteiger partial charge in [0.05, 0.1) is 10.7 Å². The van der Waals surface area contributed by atoms with Crippen molar-refractivity contribution in [3.8, 4) is 0 Å². The van der Waals surface area contributed by atoms with Gasteiger partial charge in [-0.05, 0) is 44.4 Å². The Hall–Kier alpha value is -1.26. The third-order valence-electron chi connectivity index (χ3n) is 3.23. The first-order chi connectivity index (χ1) is 8.90. The van der Waals surface area contributed by atoms with Crippen molar-refractivity contribution in [3.63, 3.8) is 0 Å². The zero-order valence-electron chi connectivity index (χ0n) is 11.6. The molecule has 1 aromatic carbocycles. The lowest BCUT2D eigenvalue weighted by atomic mass is 9.95. The van der Waals surface area contributed by atoms with Crippen LogP contribution in [0.25, 0.3) is 0 Å². The van der Waals surface area contributed by atoms with Crippen LogP contribution < -0.4 is 10.6 Å². The zero-order valence-corrected chi connectivity index (χ0v) is 12.3. The fourth-order valence-electron chi connectivity index (χ4n) is 1.74. The van der Waals surface area contributed by atoms with Gasteiger partial charge in [-0.25, -0.2) is 4.79 Å². The second-order valence-electron chi connectivity index (χ2n) is 4.95. The van der Waals surface area contributed by atoms with E-state index in [1.165, 1.54) is 0 Å². The molecule has 0 aliphatic heterocycles. The first kappa shape index (κ1) is 15.8. The Balaban J connectivity index is 2.72. The number of carbonyl (C=O) groups excluding carboxylic acids is 1. The molecule has 0 spiro atoms. The summed E-state index contributed by atoms with van der Waals surface area (Å²) >= 11 is 6.02. The van der Waals surface area contributed by atoms with Gasteiger partial charge in [-0.15, -0.1) is 0 Å². The molecule has 0 saturated heterocycles. The Morgan fingerprint density at radius 2 is 2.16 bits per heavy atom. The highest BCUT2D eigenvalue weighted by Gasteiger charge is 2.23. The number of halogens is 1. The van der Waals surface area contributed by atoms with Crippen LogP contribution in [0.5, 0.6) is 0 Å². The van der Waals surface area contributed by atoms with Crippen LogP contribution in [0.2, 0.25) is 5.02 Å². The van der Waals surface area contributed by atoms with Crippen molar-refractivity contribution in [3.05, 3.63) is 28.8 Å². The van der Waals surface area contributed by atoms with Crippen LogP contribution in [0.4, 0.5) is 10.5 Å². The molecule has 19 heavy (non-hydrogen) atoms. The average Bonchev–Trinajstić information content (AvgIpc) is 2.34. The molecule has 1 atom stereocenters. The van der Waals surface area contributed by atoms with E-state index in [-0.39, 0.29) is 12.6 Å². The van der Waals surface area contributed by atoms with E-state index in [1.807, 2.05) is 32.9 Å². The average molecular weight is 285 g/mol. The van der Waals surface area contributed by atoms with Crippen molar-refractivity contribution >= 4 is 23.3 Å². The summed E-state index contributed by atoms with van der Waals surface area (Å²) in [5.74, 6) is 0. The van der Waals surface area contributed by atoms with Crippen molar-refractivity contribution in [2.75, 3.05) is 11.9 Å². The SMILES string of the molecule is CCC(C)(CCO)NC(=O)Nc1cc(C)ccc1Cl. The van der Waals surface area contributed by atoms with Gasteiger partial charge in [-0.3, -0.25) is 0 Å². The summed E-state index contributed by atoms with van der Waals surface area (Å²) in [5, 5.41) is 15.1. The van der Waals surface area contributed by atoms with E-state index in [4.69, 9.17) is 16.7 Å². The van der Waals surface area contributed by atoms with Crippen molar-refractivity contribution in [1.29, 1.82) is 0 Å². The fourth-order valence-corrected chi connectivity index (χ4v) is 1.90. The van der Waals surface area contributed by atoms with Crippen molar-refractivity contribution in [2.45, 2.75) is 39.2 Å². The number of aliphatic hydroxyl groups is 1. The quantitative estimate of drug-likeness (QED) is 0.777. The lowest BCUT2D eigenvalue weighted by Crippen LogP contribution is -2.48. The number of benzene rings is 1. The second-order valence-corrected chi connectivity index (χ2v) is 5.36. The highest BCUT2D eigenvalue weighted by Crippen LogP contribution is 2.23. The highest BCUT2D eigenvalue weighted by atomic mass is 35.5. The highest BCUT2D eigenvalue weighted by molar-refractivity contribution is 6.33. The number of amides is 2. The smallest absolute Gasteiger partial charge is 0.319 e. The Labute approximate surface area is 119 Å². The molecular weight excluding hydrogens is 264 g/mol. The molecule has 0 fully saturated rings. The maximum absolute atomic E-state index is 12.0. The Morgan fingerprint density at radius 3 is 2.74 bits per heavy atom. The van der Waals surface area contributed by atoms with E-state index < -0.39 is 5.54 Å². The topological polar surface area (TPSA) is 61.4 Å². The van der Waals surface area contributed by atoms with Crippen molar-refractivity contribution in [1.82, 2.24) is 5.32 Å². The molecule has 0 saturated carbocycles. The van der Waals surface area contributed by atoms with Crippen LogP contribution in [0.1, 0.15) is 32.3 Å². The van der Waals surface area contributed by atoms with E-state index in [0.29, 0.717) is 17.1 Å². The molecule has 4 nitrogen and oxygen atoms in total. The summed E-state index contributed by atoms with van der Waals surface area (Å²) < 4.78 is 0. The van der Waals surface area contributed by atoms with E-state index in [0.717, 1.165) is 12.0 Å². The van der Waals surface area contributed by atoms with E-state index >= 15 is 0 Å². The first-order valence-electron chi connectivity index (χ1n) is 6.36. The molecule has 1 rings (SSSR count). The first-order valence-corrected chi connectivity index (χ1v) is 6.74. The molecule has 3 N–H and O–H groups in total. The van der Waals surface area contributed by atoms with Crippen LogP contribution in [0.3, 0.4) is 0 Å². The lowest BCUT2D eigenvalue weighted by molar-refractivity contribution is 0.208. The molecular formula is C14H21ClN2O2. The molecule has 5 heteroatoms. The monoisotopic (exact) mass is 284 g/mol. The number of anilines is 1. The van der Waals surface area contributed by atoms with Crippen LogP contribution in [-0.2, 0) is 0 Å². The normalized spacial score (nSPS) is 13.7. The van der Waals surface area contributed by atoms with Gasteiger partial charge in [0.15, 0.2) is 0 Å². The largest absolute Gasteiger partial charge is 0.396 e. The van der Waals surface area contributed by atoms with Crippen molar-refractivity contribution < 1.29 is 9.90 Å². The number of urea groups is 1. The molecule has 1 aromatic rings. The summed E-state index contributed by atoms with van der Waals surface area (Å²) in [6.07, 6.45) is 1.25. The van der Waals surface area contributed by atoms with Crippen LogP contribution in [0.15, 0.2) is 18.2 Å². The van der Waals surface area contributed by atoms with Gasteiger partial charge in [0.25, 0.3) is 0 Å². The molecule has 2 amide bonds. The van der Waals surface area contributed by atoms with Crippen LogP contribution in [-0.4, -0.2) is 23.3 Å². The summed E-state index contributed by atoms with van der Waals surface area (Å²) in [7, 11) is 0. The van der Waals surface area contributed by atoms with Crippen molar-refractivity contribution in [2.24, 2.45) is 0 Å². The van der Waals surface area contributed by atoms with Gasteiger partial charge >= 0.3 is 6.03 Å². The third-order valence-corrected chi connectivity index (χ3v) is 3.56. The summed E-state index contributed by atoms with van der Waals surface area (Å²) in [6.45, 7) is 5.84. The van der Waals surface area contributed by atoms with Gasteiger partial charge in [-0.2, -0.15) is 0 Å². The molecule has 1 unspecified atom stereocenters. The number of carbonyl (C=O) groups is 1. The Bertz CT molecular complexity index is 451. The number of hydrogen-bond donors (Lipinski definition) is 3. The fraction of sp³-hybridized carbons (Fsp3) is 0.500. The minimum Gasteiger partial charge on any atom is -0.396 e. The van der Waals surface area contributed by atoms with Gasteiger partial charge in [-0.1, -0.05) is 24.6 Å². The summed E-state index contributed by atoms with van der Waals surface area (Å²) in [5.41, 5.74) is 1.18. The number of hydrogen-bond acceptors (Lipinski definition) is 2. The molecule has 0 aliphatic rings. The standard InChI is InChI=1S/C14H21ClN2O2/c1-4-14(3,7-8-18)17-13(19)16-12-9-10(2)5-6-11(12)15/h5-6,9,18H,4,7-8H2,1-3H3,(H2,16,17,19). The molecule has 0 aliphatic carbocycles. The Morgan fingerprint density at radius 1 is 1.47 bits per heavy atom. The molecule has 0 aromatic heterocycles.